The van der Waals surface area contributed by atoms with Gasteiger partial charge in [0, 0.05) is 16.0 Å². The third-order valence-electron chi connectivity index (χ3n) is 3.87. The molecule has 4 aromatic rings. The quantitative estimate of drug-likeness (QED) is 0.458. The van der Waals surface area contributed by atoms with E-state index >= 15 is 0 Å². The predicted molar refractivity (Wildman–Crippen MR) is 112 cm³/mol. The van der Waals surface area contributed by atoms with Crippen molar-refractivity contribution in [2.75, 3.05) is 5.43 Å². The van der Waals surface area contributed by atoms with E-state index in [4.69, 9.17) is 21.0 Å². The number of nitrogens with zero attached hydrogens (tertiary/aromatic N) is 2. The van der Waals surface area contributed by atoms with Crippen molar-refractivity contribution < 1.29 is 4.42 Å². The third-order valence-corrected chi connectivity index (χ3v) is 4.94. The second-order valence-corrected chi connectivity index (χ2v) is 7.04. The fraction of sp³-hybridized carbons (Fsp3) is 0. The van der Waals surface area contributed by atoms with Crippen LogP contribution in [-0.4, -0.2) is 4.68 Å². The lowest BCUT2D eigenvalue weighted by Gasteiger charge is -2.13. The molecule has 0 saturated heterocycles. The Morgan fingerprint density at radius 1 is 1.07 bits per heavy atom. The molecule has 2 heterocycles. The van der Waals surface area contributed by atoms with Crippen molar-refractivity contribution in [3.05, 3.63) is 101 Å². The fourth-order valence-electron chi connectivity index (χ4n) is 2.60. The second-order valence-electron chi connectivity index (χ2n) is 5.76. The zero-order valence-corrected chi connectivity index (χ0v) is 15.9. The minimum absolute atomic E-state index is 0.635. The highest BCUT2D eigenvalue weighted by atomic mass is 35.5. The monoisotopic (exact) mass is 393 g/mol. The molecule has 27 heavy (non-hydrogen) atoms. The summed E-state index contributed by atoms with van der Waals surface area (Å²) in [4.78, 5) is 5.54. The van der Waals surface area contributed by atoms with Crippen LogP contribution >= 0.6 is 22.9 Å². The van der Waals surface area contributed by atoms with Gasteiger partial charge in [-0.25, -0.2) is 9.67 Å². The molecule has 0 aliphatic carbocycles. The summed E-state index contributed by atoms with van der Waals surface area (Å²) in [5.41, 5.74) is 6.72. The van der Waals surface area contributed by atoms with Gasteiger partial charge in [0.25, 0.3) is 0 Å². The van der Waals surface area contributed by atoms with Crippen LogP contribution in [0.1, 0.15) is 5.76 Å². The lowest BCUT2D eigenvalue weighted by Crippen LogP contribution is -2.25. The number of halogens is 1. The largest absolute Gasteiger partial charge is 0.463 e. The van der Waals surface area contributed by atoms with E-state index in [1.807, 2.05) is 76.8 Å². The molecular weight excluding hydrogens is 378 g/mol. The Labute approximate surface area is 165 Å². The number of para-hydroxylation sites is 1. The molecule has 0 fully saturated rings. The molecule has 0 atom stereocenters. The lowest BCUT2D eigenvalue weighted by molar-refractivity contribution is 0.551. The van der Waals surface area contributed by atoms with Crippen LogP contribution in [0.25, 0.3) is 17.0 Å². The Balaban J connectivity index is 1.82. The van der Waals surface area contributed by atoms with E-state index in [0.29, 0.717) is 16.5 Å². The minimum atomic E-state index is 0.635. The van der Waals surface area contributed by atoms with Gasteiger partial charge in [-0.1, -0.05) is 48.5 Å². The highest BCUT2D eigenvalue weighted by Gasteiger charge is 2.11. The van der Waals surface area contributed by atoms with E-state index in [0.717, 1.165) is 21.7 Å². The number of rotatable bonds is 5. The number of furan rings is 1. The molecule has 0 aliphatic heterocycles. The summed E-state index contributed by atoms with van der Waals surface area (Å²) >= 11 is 7.72. The minimum Gasteiger partial charge on any atom is -0.463 e. The van der Waals surface area contributed by atoms with E-state index < -0.39 is 0 Å². The van der Waals surface area contributed by atoms with Crippen LogP contribution in [0, 0.1) is 0 Å². The van der Waals surface area contributed by atoms with Crippen molar-refractivity contribution in [3.8, 4) is 11.3 Å². The molecule has 1 N–H and O–H groups in total. The van der Waals surface area contributed by atoms with E-state index in [-0.39, 0.29) is 0 Å². The van der Waals surface area contributed by atoms with E-state index in [1.54, 1.807) is 6.26 Å². The Morgan fingerprint density at radius 2 is 1.93 bits per heavy atom. The number of benzene rings is 2. The van der Waals surface area contributed by atoms with Crippen LogP contribution in [0.4, 0.5) is 5.69 Å². The molecule has 0 amide bonds. The first-order valence-electron chi connectivity index (χ1n) is 8.27. The van der Waals surface area contributed by atoms with Gasteiger partial charge < -0.3 is 4.42 Å². The van der Waals surface area contributed by atoms with Gasteiger partial charge in [-0.15, -0.1) is 11.3 Å². The van der Waals surface area contributed by atoms with E-state index in [2.05, 4.69) is 12.0 Å². The fourth-order valence-corrected chi connectivity index (χ4v) is 3.66. The molecule has 4 nitrogen and oxygen atoms in total. The maximum Gasteiger partial charge on any atom is 0.209 e. The summed E-state index contributed by atoms with van der Waals surface area (Å²) in [6, 6.07) is 21.2. The summed E-state index contributed by atoms with van der Waals surface area (Å²) in [6.45, 7) is 4.08. The Hall–Kier alpha value is -3.02. The van der Waals surface area contributed by atoms with Crippen LogP contribution in [0.3, 0.4) is 0 Å². The van der Waals surface area contributed by atoms with Crippen LogP contribution in [0.15, 0.2) is 94.4 Å². The topological polar surface area (TPSA) is 42.5 Å². The number of nitrogens with one attached hydrogen (secondary N) is 1. The first kappa shape index (κ1) is 17.4. The van der Waals surface area contributed by atoms with Crippen molar-refractivity contribution in [3.63, 3.8) is 0 Å². The summed E-state index contributed by atoms with van der Waals surface area (Å²) in [6.07, 6.45) is 1.62. The first-order valence-corrected chi connectivity index (χ1v) is 9.52. The zero-order chi connectivity index (χ0) is 18.6. The summed E-state index contributed by atoms with van der Waals surface area (Å²) in [5.74, 6) is 0.663. The molecule has 0 radical (unpaired) electrons. The molecular formula is C21H16ClN3OS. The average molecular weight is 394 g/mol. The van der Waals surface area contributed by atoms with Gasteiger partial charge in [-0.2, -0.15) is 0 Å². The molecule has 6 heteroatoms. The molecule has 2 aromatic heterocycles. The molecule has 0 unspecified atom stereocenters. The number of thiazole rings is 1. The van der Waals surface area contributed by atoms with E-state index in [9.17, 15) is 0 Å². The zero-order valence-electron chi connectivity index (χ0n) is 14.3. The van der Waals surface area contributed by atoms with Crippen molar-refractivity contribution in [2.24, 2.45) is 4.99 Å². The maximum atomic E-state index is 6.19. The lowest BCUT2D eigenvalue weighted by atomic mass is 10.2. The number of hydrogen-bond donors (Lipinski definition) is 1. The normalized spacial score (nSPS) is 11.5. The Bertz CT molecular complexity index is 1130. The smallest absolute Gasteiger partial charge is 0.209 e. The number of aromatic nitrogens is 1. The average Bonchev–Trinajstić information content (AvgIpc) is 3.34. The molecule has 0 aliphatic rings. The third kappa shape index (κ3) is 3.89. The van der Waals surface area contributed by atoms with Crippen molar-refractivity contribution in [1.82, 2.24) is 4.68 Å². The highest BCUT2D eigenvalue weighted by molar-refractivity contribution is 7.07. The Morgan fingerprint density at radius 3 is 2.67 bits per heavy atom. The van der Waals surface area contributed by atoms with Gasteiger partial charge in [0.15, 0.2) is 5.76 Å². The van der Waals surface area contributed by atoms with Gasteiger partial charge >= 0.3 is 0 Å². The van der Waals surface area contributed by atoms with Gasteiger partial charge in [0.2, 0.25) is 4.80 Å². The molecule has 0 spiro atoms. The van der Waals surface area contributed by atoms with Crippen molar-refractivity contribution in [1.29, 1.82) is 0 Å². The van der Waals surface area contributed by atoms with Gasteiger partial charge in [0.05, 0.1) is 23.3 Å². The van der Waals surface area contributed by atoms with Crippen LogP contribution < -0.4 is 10.2 Å². The SMILES string of the molecule is C=C(Nn1c(-c2cccc(Cl)c2)csc1=Nc1ccccc1)c1ccco1. The van der Waals surface area contributed by atoms with Gasteiger partial charge in [-0.3, -0.25) is 5.43 Å². The maximum absolute atomic E-state index is 6.19. The molecule has 0 saturated carbocycles. The second kappa shape index (κ2) is 7.70. The van der Waals surface area contributed by atoms with Crippen molar-refractivity contribution in [2.45, 2.75) is 0 Å². The van der Waals surface area contributed by atoms with Crippen LogP contribution in [0.2, 0.25) is 5.02 Å². The first-order chi connectivity index (χ1) is 13.2. The molecule has 4 rings (SSSR count). The highest BCUT2D eigenvalue weighted by Crippen LogP contribution is 2.24. The van der Waals surface area contributed by atoms with E-state index in [1.165, 1.54) is 11.3 Å². The molecule has 0 bridgehead atoms. The van der Waals surface area contributed by atoms with Crippen molar-refractivity contribution >= 4 is 34.3 Å². The van der Waals surface area contributed by atoms with Crippen LogP contribution in [0.5, 0.6) is 0 Å². The summed E-state index contributed by atoms with van der Waals surface area (Å²) in [7, 11) is 0. The Kier molecular flexibility index (Phi) is 4.96. The van der Waals surface area contributed by atoms with Gasteiger partial charge in [0.1, 0.15) is 0 Å². The standard InChI is InChI=1S/C21H16ClN3OS/c1-15(20-11-6-12-26-20)24-25-19(16-7-5-8-17(22)13-16)14-27-21(25)23-18-9-3-2-4-10-18/h2-14,24H,1H2. The molecule has 134 valence electrons. The predicted octanol–water partition coefficient (Wildman–Crippen LogP) is 5.91. The van der Waals surface area contributed by atoms with Gasteiger partial charge in [-0.05, 0) is 36.4 Å². The molecule has 2 aromatic carbocycles. The summed E-state index contributed by atoms with van der Waals surface area (Å²) < 4.78 is 7.34. The summed E-state index contributed by atoms with van der Waals surface area (Å²) in [5, 5.41) is 2.72. The van der Waals surface area contributed by atoms with Crippen LogP contribution in [-0.2, 0) is 0 Å². The number of hydrogen-bond acceptors (Lipinski definition) is 4.